The van der Waals surface area contributed by atoms with E-state index >= 15 is 0 Å². The fourth-order valence-corrected chi connectivity index (χ4v) is 1.81. The molecule has 0 bridgehead atoms. The number of carbonyl (C=O) groups is 2. The van der Waals surface area contributed by atoms with Gasteiger partial charge in [-0.05, 0) is 18.2 Å². The van der Waals surface area contributed by atoms with Crippen LogP contribution in [0.4, 0.5) is 14.9 Å². The minimum Gasteiger partial charge on any atom is -0.480 e. The third-order valence-electron chi connectivity index (χ3n) is 2.44. The van der Waals surface area contributed by atoms with Gasteiger partial charge in [0.25, 0.3) is 0 Å². The van der Waals surface area contributed by atoms with Crippen molar-refractivity contribution in [1.82, 2.24) is 5.32 Å². The van der Waals surface area contributed by atoms with Crippen molar-refractivity contribution in [3.8, 4) is 0 Å². The van der Waals surface area contributed by atoms with Gasteiger partial charge in [-0.1, -0.05) is 11.6 Å². The van der Waals surface area contributed by atoms with E-state index in [2.05, 4.69) is 5.32 Å². The maximum atomic E-state index is 13.0. The molecule has 1 aliphatic heterocycles. The monoisotopic (exact) mass is 258 g/mol. The van der Waals surface area contributed by atoms with Crippen LogP contribution in [0.15, 0.2) is 18.2 Å². The number of carboxylic acids is 1. The molecule has 2 rings (SSSR count). The molecule has 1 fully saturated rings. The van der Waals surface area contributed by atoms with Crippen molar-refractivity contribution in [2.24, 2.45) is 0 Å². The van der Waals surface area contributed by atoms with Gasteiger partial charge in [0.05, 0.1) is 11.6 Å². The van der Waals surface area contributed by atoms with Gasteiger partial charge < -0.3 is 10.4 Å². The maximum absolute atomic E-state index is 13.0. The Balaban J connectivity index is 2.39. The van der Waals surface area contributed by atoms with Crippen LogP contribution in [0, 0.1) is 5.82 Å². The lowest BCUT2D eigenvalue weighted by atomic mass is 10.2. The summed E-state index contributed by atoms with van der Waals surface area (Å²) < 4.78 is 13.0. The lowest BCUT2D eigenvalue weighted by Crippen LogP contribution is -2.39. The Kier molecular flexibility index (Phi) is 2.89. The summed E-state index contributed by atoms with van der Waals surface area (Å²) in [5.74, 6) is -1.76. The molecule has 1 heterocycles. The first-order chi connectivity index (χ1) is 8.00. The van der Waals surface area contributed by atoms with Crippen molar-refractivity contribution in [3.05, 3.63) is 29.0 Å². The van der Waals surface area contributed by atoms with Crippen LogP contribution in [-0.4, -0.2) is 29.7 Å². The van der Waals surface area contributed by atoms with Gasteiger partial charge in [0, 0.05) is 5.69 Å². The zero-order valence-electron chi connectivity index (χ0n) is 8.48. The molecule has 0 aromatic heterocycles. The third-order valence-corrected chi connectivity index (χ3v) is 2.73. The van der Waals surface area contributed by atoms with Crippen molar-refractivity contribution in [2.45, 2.75) is 6.04 Å². The average molecular weight is 259 g/mol. The largest absolute Gasteiger partial charge is 0.480 e. The number of halogens is 2. The fourth-order valence-electron chi connectivity index (χ4n) is 1.63. The molecule has 0 spiro atoms. The van der Waals surface area contributed by atoms with Crippen molar-refractivity contribution < 1.29 is 19.1 Å². The molecular weight excluding hydrogens is 251 g/mol. The number of benzene rings is 1. The molecule has 1 aromatic carbocycles. The number of carboxylic acid groups (broad SMARTS) is 1. The van der Waals surface area contributed by atoms with E-state index in [1.54, 1.807) is 0 Å². The van der Waals surface area contributed by atoms with Gasteiger partial charge >= 0.3 is 12.0 Å². The normalized spacial score (nSPS) is 19.3. The van der Waals surface area contributed by atoms with Crippen LogP contribution >= 0.6 is 11.6 Å². The highest BCUT2D eigenvalue weighted by Crippen LogP contribution is 2.25. The smallest absolute Gasteiger partial charge is 0.328 e. The lowest BCUT2D eigenvalue weighted by molar-refractivity contribution is -0.137. The van der Waals surface area contributed by atoms with E-state index in [1.165, 1.54) is 12.1 Å². The predicted octanol–water partition coefficient (Wildman–Crippen LogP) is 1.46. The number of carbonyl (C=O) groups excluding carboxylic acids is 1. The topological polar surface area (TPSA) is 69.6 Å². The van der Waals surface area contributed by atoms with E-state index < -0.39 is 23.9 Å². The highest BCUT2D eigenvalue weighted by Gasteiger charge is 2.37. The molecule has 1 saturated heterocycles. The van der Waals surface area contributed by atoms with Crippen LogP contribution in [-0.2, 0) is 4.79 Å². The number of hydrogen-bond donors (Lipinski definition) is 2. The number of amides is 2. The Morgan fingerprint density at radius 3 is 2.88 bits per heavy atom. The van der Waals surface area contributed by atoms with Crippen LogP contribution in [0.2, 0.25) is 5.02 Å². The number of rotatable bonds is 2. The summed E-state index contributed by atoms with van der Waals surface area (Å²) in [4.78, 5) is 23.5. The Bertz CT molecular complexity index is 494. The molecule has 1 aromatic rings. The molecule has 1 atom stereocenters. The van der Waals surface area contributed by atoms with E-state index in [1.807, 2.05) is 0 Å². The van der Waals surface area contributed by atoms with E-state index in [0.29, 0.717) is 0 Å². The van der Waals surface area contributed by atoms with Gasteiger partial charge in [0.15, 0.2) is 6.04 Å². The summed E-state index contributed by atoms with van der Waals surface area (Å²) in [5, 5.41) is 11.2. The molecule has 5 nitrogen and oxygen atoms in total. The number of aliphatic carboxylic acids is 1. The first kappa shape index (κ1) is 11.7. The summed E-state index contributed by atoms with van der Waals surface area (Å²) in [6, 6.07) is 2.06. The number of hydrogen-bond acceptors (Lipinski definition) is 2. The quantitative estimate of drug-likeness (QED) is 0.844. The maximum Gasteiger partial charge on any atom is 0.328 e. The molecule has 17 heavy (non-hydrogen) atoms. The highest BCUT2D eigenvalue weighted by molar-refractivity contribution is 6.31. The van der Waals surface area contributed by atoms with Crippen LogP contribution < -0.4 is 10.2 Å². The van der Waals surface area contributed by atoms with Crippen LogP contribution in [0.1, 0.15) is 0 Å². The Morgan fingerprint density at radius 2 is 2.29 bits per heavy atom. The van der Waals surface area contributed by atoms with Gasteiger partial charge in [0.1, 0.15) is 5.82 Å². The highest BCUT2D eigenvalue weighted by atomic mass is 35.5. The summed E-state index contributed by atoms with van der Waals surface area (Å²) >= 11 is 5.59. The van der Waals surface area contributed by atoms with Crippen LogP contribution in [0.25, 0.3) is 0 Å². The first-order valence-electron chi connectivity index (χ1n) is 4.75. The lowest BCUT2D eigenvalue weighted by Gasteiger charge is -2.19. The summed E-state index contributed by atoms with van der Waals surface area (Å²) in [5.41, 5.74) is 0.249. The molecule has 1 unspecified atom stereocenters. The number of urea groups is 1. The number of nitrogens with one attached hydrogen (secondary N) is 1. The van der Waals surface area contributed by atoms with Crippen molar-refractivity contribution in [3.63, 3.8) is 0 Å². The first-order valence-corrected chi connectivity index (χ1v) is 5.13. The molecule has 0 aliphatic carbocycles. The zero-order valence-corrected chi connectivity index (χ0v) is 9.24. The van der Waals surface area contributed by atoms with E-state index in [0.717, 1.165) is 11.0 Å². The third kappa shape index (κ3) is 2.03. The second kappa shape index (κ2) is 4.21. The Labute approximate surface area is 101 Å². The van der Waals surface area contributed by atoms with E-state index in [9.17, 15) is 14.0 Å². The second-order valence-electron chi connectivity index (χ2n) is 3.51. The second-order valence-corrected chi connectivity index (χ2v) is 3.92. The molecular formula is C10H8ClFN2O3. The van der Waals surface area contributed by atoms with Crippen LogP contribution in [0.5, 0.6) is 0 Å². The Hall–Kier alpha value is -1.82. The van der Waals surface area contributed by atoms with E-state index in [-0.39, 0.29) is 17.3 Å². The van der Waals surface area contributed by atoms with Gasteiger partial charge in [-0.3, -0.25) is 4.90 Å². The minimum absolute atomic E-state index is 0.00314. The predicted molar refractivity (Wildman–Crippen MR) is 58.7 cm³/mol. The van der Waals surface area contributed by atoms with Gasteiger partial charge in [-0.25, -0.2) is 14.0 Å². The molecule has 1 aliphatic rings. The Morgan fingerprint density at radius 1 is 1.59 bits per heavy atom. The van der Waals surface area contributed by atoms with Gasteiger partial charge in [0.2, 0.25) is 0 Å². The van der Waals surface area contributed by atoms with Gasteiger partial charge in [-0.15, -0.1) is 0 Å². The average Bonchev–Trinajstić information content (AvgIpc) is 2.64. The van der Waals surface area contributed by atoms with Crippen molar-refractivity contribution in [2.75, 3.05) is 11.4 Å². The molecule has 7 heteroatoms. The van der Waals surface area contributed by atoms with Crippen molar-refractivity contribution in [1.29, 1.82) is 0 Å². The molecule has 2 amide bonds. The fraction of sp³-hybridized carbons (Fsp3) is 0.200. The van der Waals surface area contributed by atoms with E-state index in [4.69, 9.17) is 16.7 Å². The minimum atomic E-state index is -1.14. The molecule has 2 N–H and O–H groups in total. The summed E-state index contributed by atoms with van der Waals surface area (Å²) in [7, 11) is 0. The number of nitrogens with zero attached hydrogens (tertiary/aromatic N) is 1. The number of anilines is 1. The zero-order chi connectivity index (χ0) is 12.6. The molecule has 90 valence electrons. The summed E-state index contributed by atoms with van der Waals surface area (Å²) in [6.07, 6.45) is 0. The molecule has 0 saturated carbocycles. The van der Waals surface area contributed by atoms with Gasteiger partial charge in [-0.2, -0.15) is 0 Å². The summed E-state index contributed by atoms with van der Waals surface area (Å²) in [6.45, 7) is 0.00314. The van der Waals surface area contributed by atoms with Crippen molar-refractivity contribution >= 4 is 29.3 Å². The SMILES string of the molecule is O=C(O)C1CNC(=O)N1c1ccc(F)c(Cl)c1. The molecule has 0 radical (unpaired) electrons. The van der Waals surface area contributed by atoms with Crippen LogP contribution in [0.3, 0.4) is 0 Å². The standard InChI is InChI=1S/C10H8ClFN2O3/c11-6-3-5(1-2-7(6)12)14-8(9(15)16)4-13-10(14)17/h1-3,8H,4H2,(H,13,17)(H,15,16).